The molecule has 0 aromatic carbocycles. The van der Waals surface area contributed by atoms with Gasteiger partial charge in [0, 0.05) is 32.6 Å². The van der Waals surface area contributed by atoms with E-state index in [1.165, 1.54) is 6.92 Å². The van der Waals surface area contributed by atoms with E-state index in [4.69, 9.17) is 28.7 Å². The lowest BCUT2D eigenvalue weighted by molar-refractivity contribution is -0.138. The Morgan fingerprint density at radius 2 is 1.62 bits per heavy atom. The first-order valence-corrected chi connectivity index (χ1v) is 15.5. The number of nitrogens with zero attached hydrogens (tertiary/aromatic N) is 2. The van der Waals surface area contributed by atoms with Gasteiger partial charge >= 0.3 is 18.2 Å². The molecule has 256 valence electrons. The van der Waals surface area contributed by atoms with Crippen LogP contribution in [0.4, 0.5) is 9.59 Å². The number of nitrogens with one attached hydrogen (secondary N) is 3. The third-order valence-electron chi connectivity index (χ3n) is 6.78. The van der Waals surface area contributed by atoms with Crippen LogP contribution in [0.25, 0.3) is 0 Å². The Morgan fingerprint density at radius 1 is 1.00 bits per heavy atom. The molecule has 0 unspecified atom stereocenters. The number of carbonyl (C=O) groups is 4. The summed E-state index contributed by atoms with van der Waals surface area (Å²) >= 11 is 0. The Kier molecular flexibility index (Phi) is 14.7. The van der Waals surface area contributed by atoms with Crippen molar-refractivity contribution in [1.29, 1.82) is 0 Å². The van der Waals surface area contributed by atoms with E-state index in [1.54, 1.807) is 55.6 Å². The molecule has 14 nitrogen and oxygen atoms in total. The minimum Gasteiger partial charge on any atom is -0.463 e. The molecule has 3 N–H and O–H groups in total. The number of methoxy groups -OCH3 is 1. The molecule has 1 aliphatic carbocycles. The van der Waals surface area contributed by atoms with Crippen molar-refractivity contribution >= 4 is 30.0 Å². The van der Waals surface area contributed by atoms with Crippen molar-refractivity contribution in [3.8, 4) is 0 Å². The number of hydrogen-bond donors (Lipinski definition) is 3. The Morgan fingerprint density at radius 3 is 2.16 bits per heavy atom. The Hall–Kier alpha value is -3.23. The van der Waals surface area contributed by atoms with E-state index < -0.39 is 47.5 Å². The first-order chi connectivity index (χ1) is 21.0. The molecular weight excluding hydrogens is 586 g/mol. The molecule has 0 aromatic heterocycles. The molecule has 0 radical (unpaired) electrons. The van der Waals surface area contributed by atoms with Gasteiger partial charge in [0.1, 0.15) is 11.2 Å². The molecule has 1 heterocycles. The maximum absolute atomic E-state index is 13.1. The maximum Gasteiger partial charge on any atom is 0.414 e. The van der Waals surface area contributed by atoms with Crippen molar-refractivity contribution < 1.29 is 42.9 Å². The van der Waals surface area contributed by atoms with Crippen LogP contribution in [-0.4, -0.2) is 111 Å². The average molecular weight is 640 g/mol. The van der Waals surface area contributed by atoms with Crippen molar-refractivity contribution in [2.75, 3.05) is 46.6 Å². The fourth-order valence-electron chi connectivity index (χ4n) is 5.17. The Balaban J connectivity index is 2.51. The summed E-state index contributed by atoms with van der Waals surface area (Å²) in [4.78, 5) is 58.1. The first kappa shape index (κ1) is 38.0. The fourth-order valence-corrected chi connectivity index (χ4v) is 5.17. The van der Waals surface area contributed by atoms with Gasteiger partial charge in [0.15, 0.2) is 0 Å². The van der Waals surface area contributed by atoms with Gasteiger partial charge in [-0.15, -0.1) is 0 Å². The van der Waals surface area contributed by atoms with Crippen LogP contribution in [0.1, 0.15) is 74.7 Å². The highest BCUT2D eigenvalue weighted by Gasteiger charge is 2.41. The number of amides is 3. The van der Waals surface area contributed by atoms with Crippen LogP contribution >= 0.6 is 0 Å². The first-order valence-electron chi connectivity index (χ1n) is 15.5. The molecule has 2 aliphatic rings. The van der Waals surface area contributed by atoms with Crippen LogP contribution in [0.15, 0.2) is 16.6 Å². The quantitative estimate of drug-likeness (QED) is 0.106. The number of guanidine groups is 1. The fraction of sp³-hybridized carbons (Fsp3) is 0.774. The molecule has 2 rings (SSSR count). The zero-order valence-corrected chi connectivity index (χ0v) is 28.3. The smallest absolute Gasteiger partial charge is 0.414 e. The van der Waals surface area contributed by atoms with Crippen LogP contribution < -0.4 is 16.0 Å². The minimum absolute atomic E-state index is 0.0766. The number of carbonyl (C=O) groups excluding carboxylic acids is 4. The molecule has 0 spiro atoms. The van der Waals surface area contributed by atoms with Crippen molar-refractivity contribution in [2.45, 2.75) is 104 Å². The van der Waals surface area contributed by atoms with Crippen LogP contribution in [0.3, 0.4) is 0 Å². The van der Waals surface area contributed by atoms with E-state index in [0.717, 1.165) is 19.4 Å². The molecule has 4 atom stereocenters. The highest BCUT2D eigenvalue weighted by atomic mass is 16.6. The number of esters is 1. The zero-order chi connectivity index (χ0) is 33.8. The molecule has 0 bridgehead atoms. The van der Waals surface area contributed by atoms with Gasteiger partial charge in [-0.2, -0.15) is 0 Å². The van der Waals surface area contributed by atoms with Crippen molar-refractivity contribution in [3.05, 3.63) is 11.6 Å². The van der Waals surface area contributed by atoms with E-state index in [-0.39, 0.29) is 30.8 Å². The molecule has 14 heteroatoms. The summed E-state index contributed by atoms with van der Waals surface area (Å²) in [5.41, 5.74) is -1.27. The molecule has 1 saturated heterocycles. The largest absolute Gasteiger partial charge is 0.463 e. The minimum atomic E-state index is -0.853. The zero-order valence-electron chi connectivity index (χ0n) is 28.3. The van der Waals surface area contributed by atoms with Crippen LogP contribution in [0.5, 0.6) is 0 Å². The summed E-state index contributed by atoms with van der Waals surface area (Å²) in [5, 5.41) is 8.02. The van der Waals surface area contributed by atoms with Gasteiger partial charge in [0.2, 0.25) is 11.9 Å². The van der Waals surface area contributed by atoms with E-state index in [1.807, 2.05) is 6.08 Å². The second-order valence-electron chi connectivity index (χ2n) is 13.2. The summed E-state index contributed by atoms with van der Waals surface area (Å²) in [6.07, 6.45) is 2.07. The van der Waals surface area contributed by atoms with Gasteiger partial charge in [-0.05, 0) is 73.8 Å². The van der Waals surface area contributed by atoms with Crippen molar-refractivity contribution in [1.82, 2.24) is 20.9 Å². The SMILES string of the molecule is CCOC(=O)C1=C[C@@H](N2CCC[C@@H](COCCOC)C2)[C@H](NC(C)=O)[C@@H](N=C(NC(=O)OC(C)(C)C)NC(=O)OC(C)(C)C)C1. The van der Waals surface area contributed by atoms with Crippen molar-refractivity contribution in [2.24, 2.45) is 10.9 Å². The summed E-state index contributed by atoms with van der Waals surface area (Å²) in [7, 11) is 1.63. The lowest BCUT2D eigenvalue weighted by Crippen LogP contribution is -2.60. The number of alkyl carbamates (subject to hydrolysis) is 2. The summed E-state index contributed by atoms with van der Waals surface area (Å²) in [6, 6.07) is -1.85. The van der Waals surface area contributed by atoms with Gasteiger partial charge in [-0.1, -0.05) is 6.08 Å². The van der Waals surface area contributed by atoms with Crippen LogP contribution in [0.2, 0.25) is 0 Å². The summed E-state index contributed by atoms with van der Waals surface area (Å²) in [5.74, 6) is -0.806. The van der Waals surface area contributed by atoms with Crippen LogP contribution in [0, 0.1) is 5.92 Å². The normalized spacial score (nSPS) is 22.4. The Labute approximate surface area is 267 Å². The summed E-state index contributed by atoms with van der Waals surface area (Å²) < 4.78 is 27.0. The lowest BCUT2D eigenvalue weighted by atomic mass is 9.84. The molecule has 3 amide bonds. The van der Waals surface area contributed by atoms with Gasteiger partial charge < -0.3 is 29.0 Å². The third kappa shape index (κ3) is 14.2. The number of aliphatic imine (C=N–C) groups is 1. The van der Waals surface area contributed by atoms with Gasteiger partial charge in [0.25, 0.3) is 0 Å². The van der Waals surface area contributed by atoms with Crippen LogP contribution in [-0.2, 0) is 33.3 Å². The highest BCUT2D eigenvalue weighted by molar-refractivity contribution is 6.01. The molecule has 1 aliphatic heterocycles. The second kappa shape index (κ2) is 17.5. The molecular formula is C31H53N5O9. The predicted molar refractivity (Wildman–Crippen MR) is 168 cm³/mol. The Bertz CT molecular complexity index is 1050. The lowest BCUT2D eigenvalue weighted by Gasteiger charge is -2.44. The van der Waals surface area contributed by atoms with Gasteiger partial charge in [-0.3, -0.25) is 20.3 Å². The number of piperidine rings is 1. The predicted octanol–water partition coefficient (Wildman–Crippen LogP) is 2.90. The molecule has 0 aromatic rings. The maximum atomic E-state index is 13.1. The van der Waals surface area contributed by atoms with E-state index in [2.05, 4.69) is 20.9 Å². The van der Waals surface area contributed by atoms with E-state index >= 15 is 0 Å². The number of likely N-dealkylation sites (tertiary alicyclic amines) is 1. The number of hydrogen-bond acceptors (Lipinski definition) is 11. The standard InChI is InChI=1S/C31H53N5O9/c1-10-43-26(38)22-16-23(33-27(34-28(39)44-30(3,4)5)35-29(40)45-31(6,7)8)25(32-20(2)37)24(17-22)36-13-11-12-21(18-36)19-42-15-14-41-9/h17,21,23-25H,10-16,18-19H2,1-9H3,(H,32,37)(H2,33,34,35,39,40)/t21-,23+,24-,25-/m1/s1. The topological polar surface area (TPSA) is 166 Å². The number of ether oxygens (including phenoxy) is 5. The van der Waals surface area contributed by atoms with E-state index in [9.17, 15) is 19.2 Å². The third-order valence-corrected chi connectivity index (χ3v) is 6.78. The number of rotatable bonds is 10. The molecule has 0 saturated carbocycles. The van der Waals surface area contributed by atoms with Gasteiger partial charge in [-0.25, -0.2) is 19.4 Å². The average Bonchev–Trinajstić information content (AvgIpc) is 2.89. The highest BCUT2D eigenvalue weighted by Crippen LogP contribution is 2.30. The van der Waals surface area contributed by atoms with E-state index in [0.29, 0.717) is 31.9 Å². The van der Waals surface area contributed by atoms with Gasteiger partial charge in [0.05, 0.1) is 44.6 Å². The summed E-state index contributed by atoms with van der Waals surface area (Å²) in [6.45, 7) is 16.5. The van der Waals surface area contributed by atoms with Crippen molar-refractivity contribution in [3.63, 3.8) is 0 Å². The monoisotopic (exact) mass is 639 g/mol. The molecule has 1 fully saturated rings. The molecule has 45 heavy (non-hydrogen) atoms. The second-order valence-corrected chi connectivity index (χ2v) is 13.2.